The highest BCUT2D eigenvalue weighted by Gasteiger charge is 2.17. The molecule has 0 spiro atoms. The van der Waals surface area contributed by atoms with Crippen molar-refractivity contribution in [3.8, 4) is 5.95 Å². The van der Waals surface area contributed by atoms with Crippen molar-refractivity contribution >= 4 is 11.9 Å². The summed E-state index contributed by atoms with van der Waals surface area (Å²) in [4.78, 5) is 17.0. The second kappa shape index (κ2) is 6.44. The molecule has 2 aromatic heterocycles. The van der Waals surface area contributed by atoms with Crippen LogP contribution >= 0.6 is 0 Å². The third-order valence-corrected chi connectivity index (χ3v) is 3.04. The summed E-state index contributed by atoms with van der Waals surface area (Å²) in [5.74, 6) is 1.48. The van der Waals surface area contributed by atoms with Gasteiger partial charge in [-0.25, -0.2) is 4.98 Å². The fraction of sp³-hybridized carbons (Fsp3) is 0.583. The predicted molar refractivity (Wildman–Crippen MR) is 76.4 cm³/mol. The Balaban J connectivity index is 1.84. The second-order valence-electron chi connectivity index (χ2n) is 4.75. The van der Waals surface area contributed by atoms with Gasteiger partial charge in [-0.15, -0.1) is 0 Å². The van der Waals surface area contributed by atoms with E-state index in [0.717, 1.165) is 26.0 Å². The number of nitrogens with zero attached hydrogens (tertiary/aromatic N) is 6. The predicted octanol–water partition coefficient (Wildman–Crippen LogP) is 0.475. The van der Waals surface area contributed by atoms with Crippen LogP contribution < -0.4 is 10.6 Å². The van der Waals surface area contributed by atoms with Crippen LogP contribution in [0.25, 0.3) is 5.95 Å². The zero-order valence-corrected chi connectivity index (χ0v) is 11.9. The quantitative estimate of drug-likeness (QED) is 0.791. The van der Waals surface area contributed by atoms with E-state index < -0.39 is 0 Å². The highest BCUT2D eigenvalue weighted by molar-refractivity contribution is 5.38. The Morgan fingerprint density at radius 3 is 2.95 bits per heavy atom. The standard InChI is InChI=1S/C12H18N8O/c1-2-4-14-10-17-11(16-9-3-5-21-6-9)19-12(18-10)20-8-13-7-15-20/h7-9H,2-6H2,1H3,(H2,14,16,17,18,19). The molecular weight excluding hydrogens is 272 g/mol. The van der Waals surface area contributed by atoms with Crippen LogP contribution in [0.2, 0.25) is 0 Å². The number of hydrogen-bond donors (Lipinski definition) is 2. The summed E-state index contributed by atoms with van der Waals surface area (Å²) in [6, 6.07) is 0.232. The van der Waals surface area contributed by atoms with Gasteiger partial charge in [0.1, 0.15) is 12.7 Å². The lowest BCUT2D eigenvalue weighted by atomic mass is 10.3. The molecule has 0 bridgehead atoms. The molecule has 9 heteroatoms. The zero-order valence-electron chi connectivity index (χ0n) is 11.9. The molecule has 0 aromatic carbocycles. The smallest absolute Gasteiger partial charge is 0.258 e. The molecule has 0 amide bonds. The third-order valence-electron chi connectivity index (χ3n) is 3.04. The summed E-state index contributed by atoms with van der Waals surface area (Å²) in [5, 5.41) is 10.5. The summed E-state index contributed by atoms with van der Waals surface area (Å²) in [6.07, 6.45) is 4.94. The van der Waals surface area contributed by atoms with Crippen molar-refractivity contribution in [3.63, 3.8) is 0 Å². The molecule has 3 heterocycles. The summed E-state index contributed by atoms with van der Waals surface area (Å²) >= 11 is 0. The average molecular weight is 290 g/mol. The highest BCUT2D eigenvalue weighted by atomic mass is 16.5. The molecule has 1 atom stereocenters. The molecule has 112 valence electrons. The molecule has 1 aliphatic rings. The third kappa shape index (κ3) is 3.43. The largest absolute Gasteiger partial charge is 0.379 e. The molecule has 1 saturated heterocycles. The Bertz CT molecular complexity index is 567. The maximum absolute atomic E-state index is 5.35. The Morgan fingerprint density at radius 1 is 1.33 bits per heavy atom. The lowest BCUT2D eigenvalue weighted by molar-refractivity contribution is 0.195. The number of ether oxygens (including phenoxy) is 1. The molecule has 0 saturated carbocycles. The van der Waals surface area contributed by atoms with Crippen LogP contribution in [0, 0.1) is 0 Å². The van der Waals surface area contributed by atoms with Crippen LogP contribution in [0.15, 0.2) is 12.7 Å². The molecule has 0 radical (unpaired) electrons. The first kappa shape index (κ1) is 13.7. The fourth-order valence-electron chi connectivity index (χ4n) is 1.99. The average Bonchev–Trinajstić information content (AvgIpc) is 3.18. The summed E-state index contributed by atoms with van der Waals surface area (Å²) in [5.41, 5.74) is 0. The van der Waals surface area contributed by atoms with Crippen molar-refractivity contribution < 1.29 is 4.74 Å². The highest BCUT2D eigenvalue weighted by Crippen LogP contribution is 2.13. The number of anilines is 2. The maximum atomic E-state index is 5.35. The zero-order chi connectivity index (χ0) is 14.5. The first-order valence-corrected chi connectivity index (χ1v) is 7.04. The SMILES string of the molecule is CCCNc1nc(NC2CCOC2)nc(-n2cncn2)n1. The van der Waals surface area contributed by atoms with Crippen LogP contribution in [0.4, 0.5) is 11.9 Å². The van der Waals surface area contributed by atoms with Gasteiger partial charge in [0.2, 0.25) is 11.9 Å². The number of nitrogens with one attached hydrogen (secondary N) is 2. The van der Waals surface area contributed by atoms with E-state index in [-0.39, 0.29) is 6.04 Å². The van der Waals surface area contributed by atoms with E-state index in [1.54, 1.807) is 6.33 Å². The van der Waals surface area contributed by atoms with E-state index >= 15 is 0 Å². The van der Waals surface area contributed by atoms with Crippen molar-refractivity contribution in [2.24, 2.45) is 0 Å². The number of aromatic nitrogens is 6. The van der Waals surface area contributed by atoms with Gasteiger partial charge in [0.05, 0.1) is 12.6 Å². The Hall–Kier alpha value is -2.29. The Kier molecular flexibility index (Phi) is 4.20. The monoisotopic (exact) mass is 290 g/mol. The molecular formula is C12H18N8O. The molecule has 1 fully saturated rings. The van der Waals surface area contributed by atoms with Gasteiger partial charge in [-0.2, -0.15) is 24.7 Å². The fourth-order valence-corrected chi connectivity index (χ4v) is 1.99. The molecule has 1 aliphatic heterocycles. The van der Waals surface area contributed by atoms with E-state index in [2.05, 4.69) is 42.6 Å². The Labute approximate surface area is 122 Å². The minimum atomic E-state index is 0.232. The normalized spacial score (nSPS) is 17.9. The summed E-state index contributed by atoms with van der Waals surface area (Å²) in [6.45, 7) is 4.32. The Morgan fingerprint density at radius 2 is 2.24 bits per heavy atom. The molecule has 2 N–H and O–H groups in total. The molecule has 21 heavy (non-hydrogen) atoms. The van der Waals surface area contributed by atoms with E-state index in [4.69, 9.17) is 4.74 Å². The minimum Gasteiger partial charge on any atom is -0.379 e. The van der Waals surface area contributed by atoms with Crippen molar-refractivity contribution in [2.75, 3.05) is 30.4 Å². The van der Waals surface area contributed by atoms with Gasteiger partial charge < -0.3 is 15.4 Å². The van der Waals surface area contributed by atoms with E-state index in [9.17, 15) is 0 Å². The van der Waals surface area contributed by atoms with Crippen molar-refractivity contribution in [1.82, 2.24) is 29.7 Å². The van der Waals surface area contributed by atoms with Gasteiger partial charge in [-0.1, -0.05) is 6.92 Å². The molecule has 0 aliphatic carbocycles. The topological polar surface area (TPSA) is 103 Å². The van der Waals surface area contributed by atoms with E-state index in [0.29, 0.717) is 24.5 Å². The number of hydrogen-bond acceptors (Lipinski definition) is 8. The summed E-state index contributed by atoms with van der Waals surface area (Å²) in [7, 11) is 0. The van der Waals surface area contributed by atoms with Crippen LogP contribution in [-0.2, 0) is 4.74 Å². The van der Waals surface area contributed by atoms with Gasteiger partial charge in [0, 0.05) is 13.2 Å². The number of rotatable bonds is 6. The molecule has 1 unspecified atom stereocenters. The van der Waals surface area contributed by atoms with Crippen LogP contribution in [-0.4, -0.2) is 55.5 Å². The van der Waals surface area contributed by atoms with E-state index in [1.807, 2.05) is 0 Å². The molecule has 9 nitrogen and oxygen atoms in total. The van der Waals surface area contributed by atoms with E-state index in [1.165, 1.54) is 11.0 Å². The molecule has 2 aromatic rings. The van der Waals surface area contributed by atoms with Gasteiger partial charge >= 0.3 is 0 Å². The molecule has 3 rings (SSSR count). The van der Waals surface area contributed by atoms with Crippen LogP contribution in [0.1, 0.15) is 19.8 Å². The van der Waals surface area contributed by atoms with Crippen LogP contribution in [0.5, 0.6) is 0 Å². The van der Waals surface area contributed by atoms with Gasteiger partial charge in [0.15, 0.2) is 0 Å². The van der Waals surface area contributed by atoms with Gasteiger partial charge in [-0.05, 0) is 12.8 Å². The van der Waals surface area contributed by atoms with Crippen molar-refractivity contribution in [2.45, 2.75) is 25.8 Å². The first-order valence-electron chi connectivity index (χ1n) is 7.04. The first-order chi connectivity index (χ1) is 10.3. The minimum absolute atomic E-state index is 0.232. The van der Waals surface area contributed by atoms with Gasteiger partial charge in [0.25, 0.3) is 5.95 Å². The lowest BCUT2D eigenvalue weighted by Crippen LogP contribution is -2.22. The van der Waals surface area contributed by atoms with Gasteiger partial charge in [-0.3, -0.25) is 0 Å². The van der Waals surface area contributed by atoms with Crippen molar-refractivity contribution in [3.05, 3.63) is 12.7 Å². The second-order valence-corrected chi connectivity index (χ2v) is 4.75. The summed E-state index contributed by atoms with van der Waals surface area (Å²) < 4.78 is 6.86. The maximum Gasteiger partial charge on any atom is 0.258 e. The lowest BCUT2D eigenvalue weighted by Gasteiger charge is -2.12. The van der Waals surface area contributed by atoms with Crippen LogP contribution in [0.3, 0.4) is 0 Å². The van der Waals surface area contributed by atoms with Crippen molar-refractivity contribution in [1.29, 1.82) is 0 Å².